The summed E-state index contributed by atoms with van der Waals surface area (Å²) in [5.41, 5.74) is 3.69. The molecule has 4 aromatic rings. The molecule has 0 aromatic heterocycles. The molecule has 4 aromatic carbocycles. The molecule has 5 rings (SSSR count). The molecular weight excluding hydrogens is 658 g/mol. The van der Waals surface area contributed by atoms with Crippen LogP contribution < -0.4 is 14.4 Å². The van der Waals surface area contributed by atoms with Crippen LogP contribution in [0.15, 0.2) is 102 Å². The van der Waals surface area contributed by atoms with Crippen LogP contribution >= 0.6 is 11.6 Å². The molecular formula is C39H44ClN3O5S. The maximum atomic E-state index is 14.9. The van der Waals surface area contributed by atoms with E-state index >= 15 is 0 Å². The van der Waals surface area contributed by atoms with Crippen molar-refractivity contribution in [1.29, 1.82) is 0 Å². The standard InChI is InChI=1S/C39H44ClN3O5S/c1-28-18-21-34(22-19-28)49(46,47)43(35-25-32(40)20-23-37(35)48-3)27-38(44)42(26-31-15-11-10-12-29(31)2)36(24-30-13-6-4-7-14-30)39(45)41-33-16-8-5-9-17-33/h4,6-7,10-15,18-23,25,33,36H,5,8-9,16-17,24,26-27H2,1-3H3,(H,41,45)/t36-/m0/s1. The second kappa shape index (κ2) is 16.4. The summed E-state index contributed by atoms with van der Waals surface area (Å²) in [6, 6.07) is 27.5. The Bertz CT molecular complexity index is 1840. The van der Waals surface area contributed by atoms with Gasteiger partial charge in [0.1, 0.15) is 18.3 Å². The molecule has 1 fully saturated rings. The molecule has 0 heterocycles. The molecule has 2 amide bonds. The third-order valence-corrected chi connectivity index (χ3v) is 11.1. The molecule has 1 N–H and O–H groups in total. The summed E-state index contributed by atoms with van der Waals surface area (Å²) in [4.78, 5) is 30.7. The Kier molecular flexibility index (Phi) is 12.0. The number of aryl methyl sites for hydroxylation is 2. The number of hydrogen-bond donors (Lipinski definition) is 1. The number of halogens is 1. The minimum absolute atomic E-state index is 0.00857. The molecule has 258 valence electrons. The number of carbonyl (C=O) groups is 2. The Morgan fingerprint density at radius 3 is 2.24 bits per heavy atom. The summed E-state index contributed by atoms with van der Waals surface area (Å²) >= 11 is 6.41. The molecule has 0 unspecified atom stereocenters. The number of carbonyl (C=O) groups excluding carboxylic acids is 2. The highest BCUT2D eigenvalue weighted by Gasteiger charge is 2.36. The number of methoxy groups -OCH3 is 1. The third kappa shape index (κ3) is 9.02. The molecule has 0 bridgehead atoms. The first-order chi connectivity index (χ1) is 23.6. The fourth-order valence-corrected chi connectivity index (χ4v) is 7.86. The van der Waals surface area contributed by atoms with Crippen LogP contribution in [0.3, 0.4) is 0 Å². The second-order valence-electron chi connectivity index (χ2n) is 12.6. The Balaban J connectivity index is 1.61. The predicted octanol–water partition coefficient (Wildman–Crippen LogP) is 7.25. The van der Waals surface area contributed by atoms with Crippen molar-refractivity contribution in [2.24, 2.45) is 0 Å². The zero-order chi connectivity index (χ0) is 35.0. The van der Waals surface area contributed by atoms with Gasteiger partial charge in [-0.25, -0.2) is 8.42 Å². The van der Waals surface area contributed by atoms with Gasteiger partial charge >= 0.3 is 0 Å². The van der Waals surface area contributed by atoms with Gasteiger partial charge in [-0.15, -0.1) is 0 Å². The van der Waals surface area contributed by atoms with Crippen LogP contribution in [0.4, 0.5) is 5.69 Å². The van der Waals surface area contributed by atoms with Crippen LogP contribution in [0.5, 0.6) is 5.75 Å². The predicted molar refractivity (Wildman–Crippen MR) is 194 cm³/mol. The van der Waals surface area contributed by atoms with Crippen molar-refractivity contribution in [2.45, 2.75) is 75.9 Å². The van der Waals surface area contributed by atoms with Crippen molar-refractivity contribution in [3.05, 3.63) is 124 Å². The number of nitrogens with one attached hydrogen (secondary N) is 1. The summed E-state index contributed by atoms with van der Waals surface area (Å²) in [5, 5.41) is 3.52. The molecule has 1 atom stereocenters. The number of ether oxygens (including phenoxy) is 1. The number of amides is 2. The molecule has 0 spiro atoms. The van der Waals surface area contributed by atoms with Gasteiger partial charge in [0.05, 0.1) is 17.7 Å². The first kappa shape index (κ1) is 36.0. The molecule has 0 saturated heterocycles. The SMILES string of the molecule is COc1ccc(Cl)cc1N(CC(=O)N(Cc1ccccc1C)[C@@H](Cc1ccccc1)C(=O)NC1CCCCC1)S(=O)(=O)c1ccc(C)cc1. The normalized spacial score (nSPS) is 14.1. The number of hydrogen-bond acceptors (Lipinski definition) is 5. The van der Waals surface area contributed by atoms with Gasteiger partial charge in [-0.2, -0.15) is 0 Å². The summed E-state index contributed by atoms with van der Waals surface area (Å²) in [5.74, 6) is -0.569. The van der Waals surface area contributed by atoms with E-state index in [4.69, 9.17) is 16.3 Å². The highest BCUT2D eigenvalue weighted by molar-refractivity contribution is 7.92. The number of sulfonamides is 1. The average molecular weight is 702 g/mol. The van der Waals surface area contributed by atoms with E-state index in [1.807, 2.05) is 68.4 Å². The van der Waals surface area contributed by atoms with Gasteiger partial charge in [0.2, 0.25) is 11.8 Å². The average Bonchev–Trinajstić information content (AvgIpc) is 3.10. The lowest BCUT2D eigenvalue weighted by molar-refractivity contribution is -0.140. The van der Waals surface area contributed by atoms with Crippen LogP contribution in [0.25, 0.3) is 0 Å². The van der Waals surface area contributed by atoms with Crippen LogP contribution in [0.1, 0.15) is 54.4 Å². The van der Waals surface area contributed by atoms with Gasteiger partial charge in [-0.05, 0) is 73.7 Å². The van der Waals surface area contributed by atoms with Crippen LogP contribution in [0, 0.1) is 13.8 Å². The van der Waals surface area contributed by atoms with Crippen molar-refractivity contribution in [3.8, 4) is 5.75 Å². The van der Waals surface area contributed by atoms with Crippen molar-refractivity contribution in [3.63, 3.8) is 0 Å². The minimum Gasteiger partial charge on any atom is -0.495 e. The number of rotatable bonds is 13. The third-order valence-electron chi connectivity index (χ3n) is 9.12. The van der Waals surface area contributed by atoms with E-state index < -0.39 is 28.5 Å². The highest BCUT2D eigenvalue weighted by atomic mass is 35.5. The van der Waals surface area contributed by atoms with Gasteiger partial charge in [0.25, 0.3) is 10.0 Å². The summed E-state index contributed by atoms with van der Waals surface area (Å²) in [6.07, 6.45) is 5.22. The molecule has 10 heteroatoms. The topological polar surface area (TPSA) is 96.0 Å². The van der Waals surface area contributed by atoms with Crippen LogP contribution in [0.2, 0.25) is 5.02 Å². The minimum atomic E-state index is -4.31. The van der Waals surface area contributed by atoms with E-state index in [-0.39, 0.29) is 46.3 Å². The van der Waals surface area contributed by atoms with Gasteiger partial charge in [0, 0.05) is 24.0 Å². The van der Waals surface area contributed by atoms with E-state index in [0.717, 1.165) is 58.7 Å². The molecule has 1 aliphatic carbocycles. The Hall–Kier alpha value is -4.34. The van der Waals surface area contributed by atoms with Gasteiger partial charge in [-0.3, -0.25) is 13.9 Å². The molecule has 8 nitrogen and oxygen atoms in total. The number of nitrogens with zero attached hydrogens (tertiary/aromatic N) is 2. The fourth-order valence-electron chi connectivity index (χ4n) is 6.28. The van der Waals surface area contributed by atoms with Crippen molar-refractivity contribution < 1.29 is 22.7 Å². The quantitative estimate of drug-likeness (QED) is 0.159. The van der Waals surface area contributed by atoms with Crippen molar-refractivity contribution in [2.75, 3.05) is 18.0 Å². The van der Waals surface area contributed by atoms with Crippen molar-refractivity contribution >= 4 is 39.1 Å². The van der Waals surface area contributed by atoms with Crippen LogP contribution in [-0.2, 0) is 32.6 Å². The maximum absolute atomic E-state index is 14.9. The smallest absolute Gasteiger partial charge is 0.264 e. The molecule has 1 aliphatic rings. The van der Waals surface area contributed by atoms with E-state index in [9.17, 15) is 18.0 Å². The monoisotopic (exact) mass is 701 g/mol. The number of benzene rings is 4. The lowest BCUT2D eigenvalue weighted by Crippen LogP contribution is -2.55. The van der Waals surface area contributed by atoms with Gasteiger partial charge in [0.15, 0.2) is 0 Å². The first-order valence-electron chi connectivity index (χ1n) is 16.7. The number of anilines is 1. The van der Waals surface area contributed by atoms with E-state index in [1.165, 1.54) is 30.2 Å². The molecule has 0 radical (unpaired) electrons. The molecule has 49 heavy (non-hydrogen) atoms. The Labute approximate surface area is 295 Å². The Morgan fingerprint density at radius 2 is 1.57 bits per heavy atom. The summed E-state index contributed by atoms with van der Waals surface area (Å²) < 4.78 is 35.5. The van der Waals surface area contributed by atoms with E-state index in [2.05, 4.69) is 5.32 Å². The zero-order valence-electron chi connectivity index (χ0n) is 28.3. The zero-order valence-corrected chi connectivity index (χ0v) is 29.8. The maximum Gasteiger partial charge on any atom is 0.264 e. The van der Waals surface area contributed by atoms with Crippen LogP contribution in [-0.4, -0.2) is 50.9 Å². The lowest BCUT2D eigenvalue weighted by atomic mass is 9.94. The molecule has 0 aliphatic heterocycles. The van der Waals surface area contributed by atoms with E-state index in [0.29, 0.717) is 0 Å². The van der Waals surface area contributed by atoms with Crippen molar-refractivity contribution in [1.82, 2.24) is 10.2 Å². The summed E-state index contributed by atoms with van der Waals surface area (Å²) in [6.45, 7) is 3.33. The van der Waals surface area contributed by atoms with E-state index in [1.54, 1.807) is 24.3 Å². The molecule has 1 saturated carbocycles. The van der Waals surface area contributed by atoms with Gasteiger partial charge in [-0.1, -0.05) is 103 Å². The van der Waals surface area contributed by atoms with Gasteiger partial charge < -0.3 is 15.0 Å². The largest absolute Gasteiger partial charge is 0.495 e. The summed E-state index contributed by atoms with van der Waals surface area (Å²) in [7, 11) is -2.88. The Morgan fingerprint density at radius 1 is 0.898 bits per heavy atom. The highest BCUT2D eigenvalue weighted by Crippen LogP contribution is 2.35. The fraction of sp³-hybridized carbons (Fsp3) is 0.333. The lowest BCUT2D eigenvalue weighted by Gasteiger charge is -2.35. The second-order valence-corrected chi connectivity index (χ2v) is 14.9. The first-order valence-corrected chi connectivity index (χ1v) is 18.5.